The molecule has 0 unspecified atom stereocenters. The van der Waals surface area contributed by atoms with Crippen molar-refractivity contribution in [3.63, 3.8) is 0 Å². The highest BCUT2D eigenvalue weighted by atomic mass is 16.5. The molecule has 3 rings (SSSR count). The summed E-state index contributed by atoms with van der Waals surface area (Å²) in [5, 5.41) is 10.8. The maximum atomic E-state index is 12.6. The number of amides is 1. The van der Waals surface area contributed by atoms with E-state index in [-0.39, 0.29) is 17.9 Å². The number of hydrogen-bond acceptors (Lipinski definition) is 6. The molecule has 7 nitrogen and oxygen atoms in total. The second-order valence-electron chi connectivity index (χ2n) is 8.03. The normalized spacial score (nSPS) is 27.0. The minimum atomic E-state index is -0.0184. The fourth-order valence-corrected chi connectivity index (χ4v) is 3.99. The first-order valence-corrected chi connectivity index (χ1v) is 10.2. The number of carbonyl (C=O) groups is 1. The van der Waals surface area contributed by atoms with Crippen molar-refractivity contribution in [3.8, 4) is 0 Å². The Hall–Kier alpha value is -1.44. The van der Waals surface area contributed by atoms with Crippen molar-refractivity contribution in [2.75, 3.05) is 20.3 Å². The molecule has 1 saturated carbocycles. The van der Waals surface area contributed by atoms with Crippen LogP contribution in [0.25, 0.3) is 0 Å². The summed E-state index contributed by atoms with van der Waals surface area (Å²) in [4.78, 5) is 12.6. The van der Waals surface area contributed by atoms with Gasteiger partial charge in [0.25, 0.3) is 0 Å². The van der Waals surface area contributed by atoms with Crippen LogP contribution < -0.4 is 10.6 Å². The summed E-state index contributed by atoms with van der Waals surface area (Å²) in [5.74, 6) is 1.07. The van der Waals surface area contributed by atoms with E-state index in [9.17, 15) is 4.79 Å². The first-order chi connectivity index (χ1) is 13.1. The minimum Gasteiger partial charge on any atom is -0.381 e. The zero-order valence-electron chi connectivity index (χ0n) is 16.7. The fourth-order valence-electron chi connectivity index (χ4n) is 3.99. The first-order valence-electron chi connectivity index (χ1n) is 10.2. The number of aromatic nitrogens is 1. The lowest BCUT2D eigenvalue weighted by Crippen LogP contribution is -2.52. The van der Waals surface area contributed by atoms with E-state index >= 15 is 0 Å². The van der Waals surface area contributed by atoms with E-state index in [1.165, 1.54) is 0 Å². The fraction of sp³-hybridized carbons (Fsp3) is 0.800. The highest BCUT2D eigenvalue weighted by Gasteiger charge is 2.35. The molecular weight excluding hydrogens is 346 g/mol. The Morgan fingerprint density at radius 3 is 2.74 bits per heavy atom. The summed E-state index contributed by atoms with van der Waals surface area (Å²) in [6, 6.07) is 2.72. The van der Waals surface area contributed by atoms with Gasteiger partial charge in [0.1, 0.15) is 0 Å². The van der Waals surface area contributed by atoms with Crippen LogP contribution in [0, 0.1) is 5.92 Å². The molecule has 27 heavy (non-hydrogen) atoms. The van der Waals surface area contributed by atoms with Crippen LogP contribution in [0.3, 0.4) is 0 Å². The summed E-state index contributed by atoms with van der Waals surface area (Å²) in [7, 11) is 1.74. The van der Waals surface area contributed by atoms with Crippen molar-refractivity contribution >= 4 is 5.91 Å². The summed E-state index contributed by atoms with van der Waals surface area (Å²) >= 11 is 0. The Bertz CT molecular complexity index is 598. The quantitative estimate of drug-likeness (QED) is 0.756. The van der Waals surface area contributed by atoms with Crippen LogP contribution in [0.1, 0.15) is 63.3 Å². The molecule has 1 aliphatic carbocycles. The summed E-state index contributed by atoms with van der Waals surface area (Å²) in [6.07, 6.45) is 4.74. The molecule has 7 heteroatoms. The molecule has 1 aromatic rings. The molecule has 0 spiro atoms. The lowest BCUT2D eigenvalue weighted by molar-refractivity contribution is -0.128. The van der Waals surface area contributed by atoms with E-state index in [0.29, 0.717) is 30.3 Å². The largest absolute Gasteiger partial charge is 0.381 e. The lowest BCUT2D eigenvalue weighted by atomic mass is 9.82. The van der Waals surface area contributed by atoms with Gasteiger partial charge in [0.05, 0.1) is 18.3 Å². The molecule has 0 bridgehead atoms. The first kappa shape index (κ1) is 20.3. The van der Waals surface area contributed by atoms with Gasteiger partial charge in [-0.2, -0.15) is 0 Å². The van der Waals surface area contributed by atoms with Crippen LogP contribution in [0.15, 0.2) is 10.6 Å². The SMILES string of the molecule is CO[C@H]1C[C@@H](C(=O)NCc2cc(C(C)C)no2)CC[C@@H]1NC1CCOCC1. The zero-order chi connectivity index (χ0) is 19.2. The molecule has 2 fully saturated rings. The van der Waals surface area contributed by atoms with Gasteiger partial charge in [-0.25, -0.2) is 0 Å². The van der Waals surface area contributed by atoms with Crippen LogP contribution >= 0.6 is 0 Å². The van der Waals surface area contributed by atoms with Crippen molar-refractivity contribution in [2.45, 2.75) is 76.6 Å². The second kappa shape index (κ2) is 9.66. The van der Waals surface area contributed by atoms with Crippen molar-refractivity contribution in [3.05, 3.63) is 17.5 Å². The maximum Gasteiger partial charge on any atom is 0.223 e. The second-order valence-corrected chi connectivity index (χ2v) is 8.03. The smallest absolute Gasteiger partial charge is 0.223 e. The molecular formula is C20H33N3O4. The van der Waals surface area contributed by atoms with E-state index in [1.54, 1.807) is 7.11 Å². The molecule has 3 atom stereocenters. The van der Waals surface area contributed by atoms with Crippen LogP contribution in [0.2, 0.25) is 0 Å². The van der Waals surface area contributed by atoms with Crippen LogP contribution in [-0.4, -0.2) is 49.6 Å². The molecule has 1 aromatic heterocycles. The molecule has 2 N–H and O–H groups in total. The van der Waals surface area contributed by atoms with Gasteiger partial charge in [-0.05, 0) is 38.0 Å². The Morgan fingerprint density at radius 1 is 1.30 bits per heavy atom. The number of nitrogens with zero attached hydrogens (tertiary/aromatic N) is 1. The van der Waals surface area contributed by atoms with E-state index in [2.05, 4.69) is 29.6 Å². The van der Waals surface area contributed by atoms with E-state index in [4.69, 9.17) is 14.0 Å². The third kappa shape index (κ3) is 5.53. The number of rotatable bonds is 7. The van der Waals surface area contributed by atoms with Crippen LogP contribution in [0.4, 0.5) is 0 Å². The van der Waals surface area contributed by atoms with Gasteiger partial charge >= 0.3 is 0 Å². The van der Waals surface area contributed by atoms with Crippen molar-refractivity contribution in [1.82, 2.24) is 15.8 Å². The average molecular weight is 380 g/mol. The van der Waals surface area contributed by atoms with Gasteiger partial charge in [-0.1, -0.05) is 19.0 Å². The van der Waals surface area contributed by atoms with Gasteiger partial charge in [0.15, 0.2) is 5.76 Å². The predicted molar refractivity (Wildman–Crippen MR) is 101 cm³/mol. The highest BCUT2D eigenvalue weighted by Crippen LogP contribution is 2.28. The topological polar surface area (TPSA) is 85.6 Å². The average Bonchev–Trinajstić information content (AvgIpc) is 3.16. The van der Waals surface area contributed by atoms with Gasteiger partial charge in [-0.15, -0.1) is 0 Å². The monoisotopic (exact) mass is 379 g/mol. The standard InChI is InChI=1S/C20H33N3O4/c1-13(2)18-11-16(27-23-18)12-21-20(24)14-4-5-17(19(10-14)25-3)22-15-6-8-26-9-7-15/h11,13-15,17,19,22H,4-10,12H2,1-3H3,(H,21,24)/t14-,17-,19-/m0/s1. The summed E-state index contributed by atoms with van der Waals surface area (Å²) in [5.41, 5.74) is 0.915. The predicted octanol–water partition coefficient (Wildman–Crippen LogP) is 2.37. The van der Waals surface area contributed by atoms with Crippen molar-refractivity contribution in [1.29, 1.82) is 0 Å². The molecule has 0 aromatic carbocycles. The van der Waals surface area contributed by atoms with Gasteiger partial charge in [-0.3, -0.25) is 4.79 Å². The lowest BCUT2D eigenvalue weighted by Gasteiger charge is -2.38. The Morgan fingerprint density at radius 2 is 2.07 bits per heavy atom. The Labute approximate surface area is 161 Å². The number of ether oxygens (including phenoxy) is 2. The highest BCUT2D eigenvalue weighted by molar-refractivity contribution is 5.78. The van der Waals surface area contributed by atoms with Crippen molar-refractivity contribution < 1.29 is 18.8 Å². The maximum absolute atomic E-state index is 12.6. The van der Waals surface area contributed by atoms with Gasteiger partial charge in [0.2, 0.25) is 5.91 Å². The Balaban J connectivity index is 1.46. The van der Waals surface area contributed by atoms with E-state index in [1.807, 2.05) is 6.07 Å². The molecule has 2 heterocycles. The third-order valence-electron chi connectivity index (χ3n) is 5.74. The molecule has 152 valence electrons. The van der Waals surface area contributed by atoms with Crippen LogP contribution in [-0.2, 0) is 20.8 Å². The summed E-state index contributed by atoms with van der Waals surface area (Å²) in [6.45, 7) is 6.17. The molecule has 2 aliphatic rings. The number of nitrogens with one attached hydrogen (secondary N) is 2. The van der Waals surface area contributed by atoms with E-state index in [0.717, 1.165) is 51.0 Å². The Kier molecular flexibility index (Phi) is 7.26. The summed E-state index contributed by atoms with van der Waals surface area (Å²) < 4.78 is 16.4. The van der Waals surface area contributed by atoms with Crippen molar-refractivity contribution in [2.24, 2.45) is 5.92 Å². The number of carbonyl (C=O) groups excluding carboxylic acids is 1. The number of methoxy groups -OCH3 is 1. The zero-order valence-corrected chi connectivity index (χ0v) is 16.7. The third-order valence-corrected chi connectivity index (χ3v) is 5.74. The molecule has 1 saturated heterocycles. The molecule has 0 radical (unpaired) electrons. The number of hydrogen-bond donors (Lipinski definition) is 2. The van der Waals surface area contributed by atoms with E-state index < -0.39 is 0 Å². The molecule has 1 aliphatic heterocycles. The van der Waals surface area contributed by atoms with Crippen LogP contribution in [0.5, 0.6) is 0 Å². The molecule has 1 amide bonds. The van der Waals surface area contributed by atoms with Gasteiger partial charge in [0, 0.05) is 44.4 Å². The minimum absolute atomic E-state index is 0.0184. The van der Waals surface area contributed by atoms with Gasteiger partial charge < -0.3 is 24.6 Å².